The van der Waals surface area contributed by atoms with Crippen LogP contribution in [-0.4, -0.2) is 11.7 Å². The van der Waals surface area contributed by atoms with Gasteiger partial charge in [0.25, 0.3) is 0 Å². The van der Waals surface area contributed by atoms with Crippen molar-refractivity contribution < 1.29 is 0 Å². The van der Waals surface area contributed by atoms with Crippen LogP contribution in [-0.2, 0) is 0 Å². The van der Waals surface area contributed by atoms with E-state index >= 15 is 0 Å². The molecule has 1 aromatic carbocycles. The van der Waals surface area contributed by atoms with Crippen LogP contribution in [0.2, 0.25) is 0 Å². The van der Waals surface area contributed by atoms with Gasteiger partial charge in [0, 0.05) is 12.4 Å². The number of unbranched alkanes of at least 4 members (excludes halogenated alkanes) is 5. The second-order valence-electron chi connectivity index (χ2n) is 7.96. The van der Waals surface area contributed by atoms with E-state index in [0.717, 1.165) is 6.42 Å². The average molecular weight is 343 g/mol. The van der Waals surface area contributed by atoms with Gasteiger partial charge in [0.1, 0.15) is 0 Å². The van der Waals surface area contributed by atoms with Crippen LogP contribution < -0.4 is 0 Å². The van der Waals surface area contributed by atoms with Crippen LogP contribution in [0.1, 0.15) is 91.2 Å². The molecule has 2 nitrogen and oxygen atoms in total. The minimum Gasteiger partial charge on any atom is -0.263 e. The highest BCUT2D eigenvalue weighted by molar-refractivity contribution is 5.27. The lowest BCUT2D eigenvalue weighted by Gasteiger charge is -2.40. The molecule has 0 amide bonds. The highest BCUT2D eigenvalue weighted by Crippen LogP contribution is 2.40. The molecule has 0 aliphatic carbocycles. The summed E-state index contributed by atoms with van der Waals surface area (Å²) in [4.78, 5) is 0. The molecule has 0 aromatic heterocycles. The number of hydrogen-bond acceptors (Lipinski definition) is 2. The van der Waals surface area contributed by atoms with Crippen LogP contribution in [0.25, 0.3) is 0 Å². The first-order valence-electron chi connectivity index (χ1n) is 9.91. The molecule has 0 saturated heterocycles. The van der Waals surface area contributed by atoms with Crippen LogP contribution in [0, 0.1) is 5.41 Å². The number of rotatable bonds is 11. The molecule has 0 aliphatic heterocycles. The molecule has 2 heteroatoms. The van der Waals surface area contributed by atoms with Gasteiger partial charge < -0.3 is 0 Å². The zero-order valence-corrected chi connectivity index (χ0v) is 17.1. The fraction of sp³-hybridized carbons (Fsp3) is 0.609. The fourth-order valence-electron chi connectivity index (χ4n) is 3.46. The maximum Gasteiger partial charge on any atom is 0.0819 e. The Bertz CT molecular complexity index is 511. The smallest absolute Gasteiger partial charge is 0.0819 e. The Hall–Kier alpha value is -1.57. The molecule has 0 spiro atoms. The Morgan fingerprint density at radius 1 is 1.08 bits per heavy atom. The number of hydrogen-bond donors (Lipinski definition) is 0. The van der Waals surface area contributed by atoms with Crippen molar-refractivity contribution in [2.75, 3.05) is 0 Å². The minimum absolute atomic E-state index is 0.0674. The molecule has 1 aromatic rings. The predicted octanol–water partition coefficient (Wildman–Crippen LogP) is 7.35. The molecule has 1 atom stereocenters. The summed E-state index contributed by atoms with van der Waals surface area (Å²) in [7, 11) is 0. The van der Waals surface area contributed by atoms with Gasteiger partial charge in [0.2, 0.25) is 0 Å². The topological polar surface area (TPSA) is 15.6 Å². The van der Waals surface area contributed by atoms with E-state index in [-0.39, 0.29) is 11.5 Å². The summed E-state index contributed by atoms with van der Waals surface area (Å²) in [5.41, 5.74) is 2.65. The molecular weight excluding hydrogens is 304 g/mol. The summed E-state index contributed by atoms with van der Waals surface area (Å²) in [6, 6.07) is 10.9. The van der Waals surface area contributed by atoms with E-state index in [2.05, 4.69) is 87.9 Å². The number of allylic oxidation sites excluding steroid dienone is 2. The summed E-state index contributed by atoms with van der Waals surface area (Å²) >= 11 is 0. The van der Waals surface area contributed by atoms with Crippen molar-refractivity contribution in [2.24, 2.45) is 10.5 Å². The summed E-state index contributed by atoms with van der Waals surface area (Å²) in [6.45, 7) is 15.1. The van der Waals surface area contributed by atoms with Gasteiger partial charge in [0.05, 0.1) is 6.04 Å². The fourth-order valence-corrected chi connectivity index (χ4v) is 3.46. The van der Waals surface area contributed by atoms with Crippen LogP contribution in [0.5, 0.6) is 0 Å². The van der Waals surface area contributed by atoms with Gasteiger partial charge in [-0.15, -0.1) is 0 Å². The van der Waals surface area contributed by atoms with Crippen LogP contribution >= 0.6 is 0 Å². The lowest BCUT2D eigenvalue weighted by Crippen LogP contribution is -2.33. The zero-order valence-electron chi connectivity index (χ0n) is 17.1. The Kier molecular flexibility index (Phi) is 9.55. The Balaban J connectivity index is 2.85. The van der Waals surface area contributed by atoms with Gasteiger partial charge >= 0.3 is 0 Å². The molecule has 0 aliphatic rings. The normalized spacial score (nSPS) is 13.6. The Morgan fingerprint density at radius 3 is 2.20 bits per heavy atom. The molecule has 0 saturated carbocycles. The third-order valence-electron chi connectivity index (χ3n) is 4.75. The standard InChI is InChI=1S/C23H38N2/c1-7-9-10-11-12-16-19-21(8-2)25(24-6)22(23(3,4)5)20-17-14-13-15-18-20/h8,13-15,17-18,22H,6-7,9-12,16,19H2,1-5H3/b21-8-. The van der Waals surface area contributed by atoms with Crippen molar-refractivity contribution in [3.8, 4) is 0 Å². The summed E-state index contributed by atoms with van der Waals surface area (Å²) in [6.07, 6.45) is 11.2. The van der Waals surface area contributed by atoms with Crippen LogP contribution in [0.3, 0.4) is 0 Å². The van der Waals surface area contributed by atoms with E-state index in [1.165, 1.54) is 49.8 Å². The van der Waals surface area contributed by atoms with Crippen molar-refractivity contribution in [1.29, 1.82) is 0 Å². The van der Waals surface area contributed by atoms with Crippen molar-refractivity contribution in [1.82, 2.24) is 5.01 Å². The molecule has 0 fully saturated rings. The molecule has 140 valence electrons. The van der Waals surface area contributed by atoms with Crippen molar-refractivity contribution in [2.45, 2.75) is 85.6 Å². The lowest BCUT2D eigenvalue weighted by atomic mass is 9.81. The molecule has 0 bridgehead atoms. The van der Waals surface area contributed by atoms with Gasteiger partial charge in [-0.25, -0.2) is 0 Å². The summed E-state index contributed by atoms with van der Waals surface area (Å²) in [5, 5.41) is 6.60. The van der Waals surface area contributed by atoms with E-state index in [4.69, 9.17) is 0 Å². The number of nitrogens with zero attached hydrogens (tertiary/aromatic N) is 2. The van der Waals surface area contributed by atoms with Gasteiger partial charge in [-0.2, -0.15) is 5.10 Å². The van der Waals surface area contributed by atoms with Crippen molar-refractivity contribution >= 4 is 6.72 Å². The second-order valence-corrected chi connectivity index (χ2v) is 7.96. The Labute approximate surface area is 156 Å². The van der Waals surface area contributed by atoms with Crippen LogP contribution in [0.15, 0.2) is 47.2 Å². The monoisotopic (exact) mass is 342 g/mol. The van der Waals surface area contributed by atoms with Gasteiger partial charge in [-0.05, 0) is 30.7 Å². The molecule has 25 heavy (non-hydrogen) atoms. The largest absolute Gasteiger partial charge is 0.263 e. The predicted molar refractivity (Wildman–Crippen MR) is 112 cm³/mol. The van der Waals surface area contributed by atoms with Gasteiger partial charge in [-0.3, -0.25) is 5.01 Å². The first-order valence-corrected chi connectivity index (χ1v) is 9.91. The zero-order chi connectivity index (χ0) is 18.7. The van der Waals surface area contributed by atoms with E-state index in [1.54, 1.807) is 0 Å². The number of benzene rings is 1. The molecule has 0 radical (unpaired) electrons. The summed E-state index contributed by atoms with van der Waals surface area (Å²) in [5.74, 6) is 0. The maximum atomic E-state index is 4.45. The van der Waals surface area contributed by atoms with E-state index in [9.17, 15) is 0 Å². The lowest BCUT2D eigenvalue weighted by molar-refractivity contribution is 0.134. The van der Waals surface area contributed by atoms with Gasteiger partial charge in [0.15, 0.2) is 0 Å². The van der Waals surface area contributed by atoms with Crippen molar-refractivity contribution in [3.63, 3.8) is 0 Å². The Morgan fingerprint density at radius 2 is 1.68 bits per heavy atom. The van der Waals surface area contributed by atoms with E-state index in [1.807, 2.05) is 0 Å². The minimum atomic E-state index is 0.0674. The molecule has 0 heterocycles. The molecular formula is C23H38N2. The van der Waals surface area contributed by atoms with E-state index < -0.39 is 0 Å². The first-order chi connectivity index (χ1) is 12.0. The first kappa shape index (κ1) is 21.5. The third-order valence-corrected chi connectivity index (χ3v) is 4.75. The van der Waals surface area contributed by atoms with Gasteiger partial charge in [-0.1, -0.05) is 96.2 Å². The maximum absolute atomic E-state index is 4.45. The average Bonchev–Trinajstić information content (AvgIpc) is 2.59. The molecule has 1 rings (SSSR count). The third kappa shape index (κ3) is 7.05. The molecule has 1 unspecified atom stereocenters. The number of hydrazone groups is 1. The highest BCUT2D eigenvalue weighted by atomic mass is 15.5. The van der Waals surface area contributed by atoms with E-state index in [0.29, 0.717) is 0 Å². The summed E-state index contributed by atoms with van der Waals surface area (Å²) < 4.78 is 0. The quantitative estimate of drug-likeness (QED) is 0.233. The second kappa shape index (κ2) is 11.1. The molecule has 0 N–H and O–H groups in total. The SMILES string of the molecule is C=NN(/C(=C\C)CCCCCCCC)C(c1ccccc1)C(C)(C)C. The highest BCUT2D eigenvalue weighted by Gasteiger charge is 2.32. The van der Waals surface area contributed by atoms with Crippen LogP contribution in [0.4, 0.5) is 0 Å². The van der Waals surface area contributed by atoms with Crippen molar-refractivity contribution in [3.05, 3.63) is 47.7 Å².